The first-order valence-electron chi connectivity index (χ1n) is 9.03. The van der Waals surface area contributed by atoms with Crippen LogP contribution in [-0.4, -0.2) is 41.6 Å². The number of piperidine rings is 1. The van der Waals surface area contributed by atoms with E-state index in [-0.39, 0.29) is 24.0 Å². The Morgan fingerprint density at radius 2 is 1.74 bits per heavy atom. The van der Waals surface area contributed by atoms with Gasteiger partial charge in [-0.1, -0.05) is 26.2 Å². The van der Waals surface area contributed by atoms with Crippen molar-refractivity contribution in [2.75, 3.05) is 13.1 Å². The van der Waals surface area contributed by atoms with E-state index in [2.05, 4.69) is 12.2 Å². The van der Waals surface area contributed by atoms with E-state index in [1.165, 1.54) is 19.3 Å². The molecule has 5 nitrogen and oxygen atoms in total. The molecule has 1 saturated carbocycles. The predicted molar refractivity (Wildman–Crippen MR) is 90.1 cm³/mol. The first-order valence-corrected chi connectivity index (χ1v) is 9.03. The zero-order valence-corrected chi connectivity index (χ0v) is 15.1. The third kappa shape index (κ3) is 5.70. The van der Waals surface area contributed by atoms with Gasteiger partial charge in [-0.3, -0.25) is 4.79 Å². The van der Waals surface area contributed by atoms with E-state index in [0.29, 0.717) is 12.5 Å². The molecule has 0 spiro atoms. The normalized spacial score (nSPS) is 26.7. The molecule has 2 atom stereocenters. The number of nitrogens with one attached hydrogen (secondary N) is 1. The van der Waals surface area contributed by atoms with Crippen LogP contribution in [-0.2, 0) is 9.53 Å². The lowest BCUT2D eigenvalue weighted by molar-refractivity contribution is -0.138. The van der Waals surface area contributed by atoms with Crippen LogP contribution in [0.5, 0.6) is 0 Å². The molecule has 0 aromatic heterocycles. The van der Waals surface area contributed by atoms with Crippen LogP contribution in [0.3, 0.4) is 0 Å². The second-order valence-electron chi connectivity index (χ2n) is 8.26. The molecule has 0 aromatic carbocycles. The molecular weight excluding hydrogens is 292 g/mol. The topological polar surface area (TPSA) is 58.6 Å². The van der Waals surface area contributed by atoms with Crippen molar-refractivity contribution < 1.29 is 14.3 Å². The Kier molecular flexibility index (Phi) is 5.93. The van der Waals surface area contributed by atoms with Crippen molar-refractivity contribution in [2.24, 2.45) is 11.8 Å². The summed E-state index contributed by atoms with van der Waals surface area (Å²) in [6.07, 6.45) is 6.14. The number of carbonyl (C=O) groups is 2. The Labute approximate surface area is 140 Å². The van der Waals surface area contributed by atoms with Crippen molar-refractivity contribution >= 4 is 12.0 Å². The molecule has 2 rings (SSSR count). The van der Waals surface area contributed by atoms with Gasteiger partial charge in [-0.05, 0) is 46.0 Å². The number of hydrogen-bond donors (Lipinski definition) is 1. The van der Waals surface area contributed by atoms with Crippen molar-refractivity contribution in [2.45, 2.75) is 77.9 Å². The molecule has 2 amide bonds. The zero-order chi connectivity index (χ0) is 17.0. The van der Waals surface area contributed by atoms with E-state index < -0.39 is 5.60 Å². The summed E-state index contributed by atoms with van der Waals surface area (Å²) in [5, 5.41) is 2.94. The Balaban J connectivity index is 1.90. The van der Waals surface area contributed by atoms with Gasteiger partial charge < -0.3 is 15.0 Å². The summed E-state index contributed by atoms with van der Waals surface area (Å²) in [5.41, 5.74) is -0.498. The van der Waals surface area contributed by atoms with E-state index in [1.807, 2.05) is 25.7 Å². The monoisotopic (exact) mass is 324 g/mol. The third-order valence-electron chi connectivity index (χ3n) is 4.65. The van der Waals surface area contributed by atoms with Gasteiger partial charge in [0.2, 0.25) is 5.91 Å². The Morgan fingerprint density at radius 1 is 1.09 bits per heavy atom. The van der Waals surface area contributed by atoms with Gasteiger partial charge in [0.05, 0.1) is 6.04 Å². The van der Waals surface area contributed by atoms with Gasteiger partial charge in [0.15, 0.2) is 0 Å². The number of carbonyl (C=O) groups excluding carboxylic acids is 2. The highest BCUT2D eigenvalue weighted by Crippen LogP contribution is 2.27. The maximum Gasteiger partial charge on any atom is 0.407 e. The second-order valence-corrected chi connectivity index (χ2v) is 8.26. The fourth-order valence-corrected chi connectivity index (χ4v) is 3.72. The van der Waals surface area contributed by atoms with Crippen LogP contribution in [0.15, 0.2) is 0 Å². The number of ether oxygens (including phenoxy) is 1. The molecule has 1 aliphatic carbocycles. The molecule has 0 radical (unpaired) electrons. The third-order valence-corrected chi connectivity index (χ3v) is 4.65. The van der Waals surface area contributed by atoms with Crippen LogP contribution in [0.25, 0.3) is 0 Å². The van der Waals surface area contributed by atoms with Crippen molar-refractivity contribution in [1.82, 2.24) is 10.2 Å². The van der Waals surface area contributed by atoms with E-state index >= 15 is 0 Å². The molecular formula is C18H32N2O3. The minimum atomic E-state index is -0.498. The van der Waals surface area contributed by atoms with Gasteiger partial charge >= 0.3 is 6.09 Å². The number of likely N-dealkylation sites (tertiary alicyclic amines) is 1. The van der Waals surface area contributed by atoms with E-state index in [9.17, 15) is 9.59 Å². The Morgan fingerprint density at radius 3 is 2.35 bits per heavy atom. The van der Waals surface area contributed by atoms with Gasteiger partial charge in [-0.15, -0.1) is 0 Å². The molecule has 1 N–H and O–H groups in total. The van der Waals surface area contributed by atoms with Crippen LogP contribution < -0.4 is 5.32 Å². The molecule has 2 fully saturated rings. The summed E-state index contributed by atoms with van der Waals surface area (Å²) < 4.78 is 5.33. The van der Waals surface area contributed by atoms with Crippen LogP contribution in [0.1, 0.15) is 66.2 Å². The molecule has 132 valence electrons. The zero-order valence-electron chi connectivity index (χ0n) is 15.1. The first kappa shape index (κ1) is 18.1. The van der Waals surface area contributed by atoms with Crippen LogP contribution in [0, 0.1) is 11.8 Å². The number of nitrogens with zero attached hydrogens (tertiary/aromatic N) is 1. The maximum atomic E-state index is 12.7. The van der Waals surface area contributed by atoms with Crippen LogP contribution >= 0.6 is 0 Å². The number of hydrogen-bond acceptors (Lipinski definition) is 3. The van der Waals surface area contributed by atoms with Crippen LogP contribution in [0.4, 0.5) is 4.79 Å². The fraction of sp³-hybridized carbons (Fsp3) is 0.889. The van der Waals surface area contributed by atoms with E-state index in [1.54, 1.807) is 0 Å². The lowest BCUT2D eigenvalue weighted by Gasteiger charge is -2.39. The molecule has 5 heteroatoms. The van der Waals surface area contributed by atoms with Crippen LogP contribution in [0.2, 0.25) is 0 Å². The summed E-state index contributed by atoms with van der Waals surface area (Å²) in [5.74, 6) is 0.875. The summed E-state index contributed by atoms with van der Waals surface area (Å²) in [6.45, 7) is 9.13. The minimum absolute atomic E-state index is 0.0128. The summed E-state index contributed by atoms with van der Waals surface area (Å²) in [7, 11) is 0. The van der Waals surface area contributed by atoms with Crippen molar-refractivity contribution in [3.05, 3.63) is 0 Å². The van der Waals surface area contributed by atoms with Gasteiger partial charge in [0.25, 0.3) is 0 Å². The average molecular weight is 324 g/mol. The minimum Gasteiger partial charge on any atom is -0.444 e. The molecule has 23 heavy (non-hydrogen) atoms. The first-order chi connectivity index (χ1) is 10.7. The lowest BCUT2D eigenvalue weighted by Crippen LogP contribution is -2.54. The standard InChI is InChI=1S/C18H32N2O3/c1-13-10-15(19-17(22)23-18(2,3)4)12-20(11-13)16(21)14-8-6-5-7-9-14/h13-15H,5-12H2,1-4H3,(H,19,22). The quantitative estimate of drug-likeness (QED) is 0.847. The number of amides is 2. The summed E-state index contributed by atoms with van der Waals surface area (Å²) >= 11 is 0. The number of alkyl carbamates (subject to hydrolysis) is 1. The average Bonchev–Trinajstić information content (AvgIpc) is 2.44. The SMILES string of the molecule is CC1CC(NC(=O)OC(C)(C)C)CN(C(=O)C2CCCCC2)C1. The molecule has 1 aliphatic heterocycles. The fourth-order valence-electron chi connectivity index (χ4n) is 3.72. The van der Waals surface area contributed by atoms with Gasteiger partial charge in [-0.25, -0.2) is 4.79 Å². The smallest absolute Gasteiger partial charge is 0.407 e. The molecule has 1 heterocycles. The largest absolute Gasteiger partial charge is 0.444 e. The van der Waals surface area contributed by atoms with Crippen molar-refractivity contribution in [3.63, 3.8) is 0 Å². The van der Waals surface area contributed by atoms with Gasteiger partial charge in [0, 0.05) is 19.0 Å². The van der Waals surface area contributed by atoms with Gasteiger partial charge in [-0.2, -0.15) is 0 Å². The molecule has 0 aromatic rings. The van der Waals surface area contributed by atoms with Crippen molar-refractivity contribution in [1.29, 1.82) is 0 Å². The Hall–Kier alpha value is -1.26. The molecule has 2 unspecified atom stereocenters. The predicted octanol–water partition coefficient (Wildman–Crippen LogP) is 3.33. The molecule has 1 saturated heterocycles. The van der Waals surface area contributed by atoms with Gasteiger partial charge in [0.1, 0.15) is 5.60 Å². The summed E-state index contributed by atoms with van der Waals surface area (Å²) in [6, 6.07) is -0.0128. The second kappa shape index (κ2) is 7.54. The summed E-state index contributed by atoms with van der Waals surface area (Å²) in [4.78, 5) is 26.7. The molecule has 2 aliphatic rings. The van der Waals surface area contributed by atoms with E-state index in [0.717, 1.165) is 25.8 Å². The maximum absolute atomic E-state index is 12.7. The highest BCUT2D eigenvalue weighted by molar-refractivity contribution is 5.79. The van der Waals surface area contributed by atoms with E-state index in [4.69, 9.17) is 4.74 Å². The Bertz CT molecular complexity index is 424. The highest BCUT2D eigenvalue weighted by atomic mass is 16.6. The lowest BCUT2D eigenvalue weighted by atomic mass is 9.87. The number of rotatable bonds is 2. The molecule has 0 bridgehead atoms. The van der Waals surface area contributed by atoms with Crippen molar-refractivity contribution in [3.8, 4) is 0 Å². The highest BCUT2D eigenvalue weighted by Gasteiger charge is 2.33.